The second kappa shape index (κ2) is 8.99. The summed E-state index contributed by atoms with van der Waals surface area (Å²) in [6.07, 6.45) is 1.32. The molecule has 0 radical (unpaired) electrons. The molecule has 32 heavy (non-hydrogen) atoms. The summed E-state index contributed by atoms with van der Waals surface area (Å²) in [6.45, 7) is 5.34. The Bertz CT molecular complexity index is 1110. The Morgan fingerprint density at radius 3 is 2.31 bits per heavy atom. The zero-order valence-corrected chi connectivity index (χ0v) is 18.9. The first-order valence-electron chi connectivity index (χ1n) is 10.0. The predicted molar refractivity (Wildman–Crippen MR) is 120 cm³/mol. The minimum atomic E-state index is -4.01. The molecule has 2 aromatic rings. The fraction of sp³-hybridized carbons (Fsp3) is 0.318. The summed E-state index contributed by atoms with van der Waals surface area (Å²) in [5, 5.41) is 22.8. The SMILES string of the molecule is CC(C)(C)OC(=O)N[C@@H](Cc1ccccc1)Cc1ccc(N2C=C(O)NS2(=O)=O)c(O)c1. The number of ether oxygens (including phenoxy) is 1. The van der Waals surface area contributed by atoms with Crippen molar-refractivity contribution in [2.45, 2.75) is 45.3 Å². The quantitative estimate of drug-likeness (QED) is 0.523. The predicted octanol–water partition coefficient (Wildman–Crippen LogP) is 3.08. The molecule has 1 amide bonds. The van der Waals surface area contributed by atoms with Gasteiger partial charge in [-0.05, 0) is 56.9 Å². The average molecular weight is 462 g/mol. The minimum Gasteiger partial charge on any atom is -0.506 e. The number of aliphatic hydroxyl groups is 1. The maximum Gasteiger partial charge on any atom is 0.407 e. The van der Waals surface area contributed by atoms with Crippen LogP contribution in [0.15, 0.2) is 60.6 Å². The zero-order valence-electron chi connectivity index (χ0n) is 18.1. The standard InChI is InChI=1S/C22H27N3O6S/c1-22(2,3)31-21(28)23-17(11-15-7-5-4-6-8-15)12-16-9-10-18(19(26)13-16)25-14-20(27)24-32(25,29)30/h4-10,13-14,17,24,26-27H,11-12H2,1-3H3,(H,23,28)/t17-/m0/s1. The number of phenols is 1. The number of nitrogens with zero attached hydrogens (tertiary/aromatic N) is 1. The number of hydrogen-bond donors (Lipinski definition) is 4. The molecule has 9 nitrogen and oxygen atoms in total. The van der Waals surface area contributed by atoms with E-state index in [2.05, 4.69) is 5.32 Å². The molecular formula is C22H27N3O6S. The highest BCUT2D eigenvalue weighted by Crippen LogP contribution is 2.32. The van der Waals surface area contributed by atoms with Crippen LogP contribution in [0.3, 0.4) is 0 Å². The van der Waals surface area contributed by atoms with E-state index in [1.165, 1.54) is 12.1 Å². The van der Waals surface area contributed by atoms with Crippen molar-refractivity contribution in [1.82, 2.24) is 10.0 Å². The molecule has 1 atom stereocenters. The van der Waals surface area contributed by atoms with Crippen LogP contribution in [0.2, 0.25) is 0 Å². The first kappa shape index (κ1) is 23.3. The van der Waals surface area contributed by atoms with Crippen molar-refractivity contribution in [1.29, 1.82) is 0 Å². The first-order chi connectivity index (χ1) is 14.9. The number of phenolic OH excluding ortho intramolecular Hbond substituents is 1. The molecule has 0 saturated carbocycles. The van der Waals surface area contributed by atoms with Crippen LogP contribution in [-0.2, 0) is 27.8 Å². The number of nitrogens with one attached hydrogen (secondary N) is 2. The third-order valence-electron chi connectivity index (χ3n) is 4.54. The molecule has 0 saturated heterocycles. The van der Waals surface area contributed by atoms with Crippen molar-refractivity contribution >= 4 is 22.0 Å². The Morgan fingerprint density at radius 2 is 1.75 bits per heavy atom. The number of alkyl carbamates (subject to hydrolysis) is 1. The second-order valence-electron chi connectivity index (χ2n) is 8.48. The van der Waals surface area contributed by atoms with Gasteiger partial charge >= 0.3 is 16.3 Å². The Balaban J connectivity index is 1.80. The van der Waals surface area contributed by atoms with Gasteiger partial charge in [-0.25, -0.2) is 13.8 Å². The molecule has 10 heteroatoms. The molecule has 4 N–H and O–H groups in total. The first-order valence-corrected chi connectivity index (χ1v) is 11.5. The Kier molecular flexibility index (Phi) is 6.54. The van der Waals surface area contributed by atoms with Crippen LogP contribution in [-0.4, -0.2) is 36.4 Å². The van der Waals surface area contributed by atoms with Crippen LogP contribution in [0.25, 0.3) is 0 Å². The highest BCUT2D eigenvalue weighted by atomic mass is 32.2. The van der Waals surface area contributed by atoms with Crippen LogP contribution in [0.1, 0.15) is 31.9 Å². The summed E-state index contributed by atoms with van der Waals surface area (Å²) >= 11 is 0. The monoisotopic (exact) mass is 461 g/mol. The van der Waals surface area contributed by atoms with E-state index in [0.717, 1.165) is 16.1 Å². The summed E-state index contributed by atoms with van der Waals surface area (Å²) < 4.78 is 32.2. The third kappa shape index (κ3) is 6.07. The van der Waals surface area contributed by atoms with E-state index < -0.39 is 27.8 Å². The van der Waals surface area contributed by atoms with Gasteiger partial charge in [-0.3, -0.25) is 0 Å². The fourth-order valence-corrected chi connectivity index (χ4v) is 4.37. The molecule has 0 aliphatic carbocycles. The molecule has 3 rings (SSSR count). The lowest BCUT2D eigenvalue weighted by Crippen LogP contribution is -2.41. The van der Waals surface area contributed by atoms with Gasteiger partial charge in [-0.2, -0.15) is 8.42 Å². The molecule has 0 bridgehead atoms. The molecule has 0 fully saturated rings. The fourth-order valence-electron chi connectivity index (χ4n) is 3.30. The van der Waals surface area contributed by atoms with E-state index >= 15 is 0 Å². The summed E-state index contributed by atoms with van der Waals surface area (Å²) in [5.41, 5.74) is 1.05. The van der Waals surface area contributed by atoms with Gasteiger partial charge in [0.05, 0.1) is 6.20 Å². The van der Waals surface area contributed by atoms with Crippen molar-refractivity contribution in [2.24, 2.45) is 0 Å². The van der Waals surface area contributed by atoms with Crippen molar-refractivity contribution in [3.05, 3.63) is 71.7 Å². The number of rotatable bonds is 6. The molecule has 0 unspecified atom stereocenters. The number of carbonyl (C=O) groups is 1. The summed E-state index contributed by atoms with van der Waals surface area (Å²) in [4.78, 5) is 12.4. The lowest BCUT2D eigenvalue weighted by Gasteiger charge is -2.24. The lowest BCUT2D eigenvalue weighted by molar-refractivity contribution is 0.0504. The van der Waals surface area contributed by atoms with Crippen molar-refractivity contribution in [3.8, 4) is 5.75 Å². The van der Waals surface area contributed by atoms with E-state index in [1.54, 1.807) is 26.8 Å². The maximum atomic E-state index is 12.4. The van der Waals surface area contributed by atoms with E-state index in [-0.39, 0.29) is 17.5 Å². The van der Waals surface area contributed by atoms with Crippen molar-refractivity contribution in [2.75, 3.05) is 4.31 Å². The van der Waals surface area contributed by atoms with E-state index in [1.807, 2.05) is 35.1 Å². The Labute approximate surface area is 187 Å². The largest absolute Gasteiger partial charge is 0.506 e. The molecule has 2 aromatic carbocycles. The highest BCUT2D eigenvalue weighted by molar-refractivity contribution is 7.91. The molecule has 0 spiro atoms. The summed E-state index contributed by atoms with van der Waals surface area (Å²) in [7, 11) is -4.01. The van der Waals surface area contributed by atoms with Crippen LogP contribution in [0.5, 0.6) is 5.75 Å². The number of amides is 1. The topological polar surface area (TPSA) is 128 Å². The van der Waals surface area contributed by atoms with Gasteiger partial charge in [0.15, 0.2) is 0 Å². The molecule has 1 heterocycles. The number of aromatic hydroxyl groups is 1. The number of hydrogen-bond acceptors (Lipinski definition) is 6. The Hall–Kier alpha value is -3.40. The van der Waals surface area contributed by atoms with Crippen molar-refractivity contribution < 1.29 is 28.2 Å². The molecule has 172 valence electrons. The smallest absolute Gasteiger partial charge is 0.407 e. The van der Waals surface area contributed by atoms with Crippen molar-refractivity contribution in [3.63, 3.8) is 0 Å². The summed E-state index contributed by atoms with van der Waals surface area (Å²) in [6, 6.07) is 13.8. The third-order valence-corrected chi connectivity index (χ3v) is 5.82. The minimum absolute atomic E-state index is 0.00925. The van der Waals surface area contributed by atoms with Crippen LogP contribution in [0.4, 0.5) is 10.5 Å². The van der Waals surface area contributed by atoms with Gasteiger partial charge in [0, 0.05) is 6.04 Å². The lowest BCUT2D eigenvalue weighted by atomic mass is 9.98. The zero-order chi connectivity index (χ0) is 23.5. The number of anilines is 1. The summed E-state index contributed by atoms with van der Waals surface area (Å²) in [5.74, 6) is -0.826. The van der Waals surface area contributed by atoms with E-state index in [4.69, 9.17) is 4.74 Å². The van der Waals surface area contributed by atoms with Gasteiger partial charge in [-0.1, -0.05) is 36.4 Å². The average Bonchev–Trinajstić information content (AvgIpc) is 2.93. The maximum absolute atomic E-state index is 12.4. The van der Waals surface area contributed by atoms with Crippen LogP contribution in [0, 0.1) is 0 Å². The van der Waals surface area contributed by atoms with Gasteiger partial charge < -0.3 is 20.3 Å². The van der Waals surface area contributed by atoms with E-state index in [0.29, 0.717) is 18.4 Å². The van der Waals surface area contributed by atoms with Crippen LogP contribution < -0.4 is 14.3 Å². The highest BCUT2D eigenvalue weighted by Gasteiger charge is 2.30. The number of benzene rings is 2. The van der Waals surface area contributed by atoms with E-state index in [9.17, 15) is 23.4 Å². The normalized spacial score (nSPS) is 16.1. The molecule has 1 aliphatic rings. The van der Waals surface area contributed by atoms with Gasteiger partial charge in [-0.15, -0.1) is 0 Å². The van der Waals surface area contributed by atoms with Gasteiger partial charge in [0.1, 0.15) is 17.0 Å². The second-order valence-corrected chi connectivity index (χ2v) is 10.0. The number of aliphatic hydroxyl groups excluding tert-OH is 1. The molecular weight excluding hydrogens is 434 g/mol. The van der Waals surface area contributed by atoms with Gasteiger partial charge in [0.2, 0.25) is 5.88 Å². The van der Waals surface area contributed by atoms with Gasteiger partial charge in [0.25, 0.3) is 0 Å². The Morgan fingerprint density at radius 1 is 1.09 bits per heavy atom. The van der Waals surface area contributed by atoms with Crippen LogP contribution >= 0.6 is 0 Å². The molecule has 0 aromatic heterocycles. The molecule has 1 aliphatic heterocycles. The number of carbonyl (C=O) groups excluding carboxylic acids is 1.